The minimum absolute atomic E-state index is 0.0419. The molecule has 2 aromatic rings. The predicted molar refractivity (Wildman–Crippen MR) is 99.2 cm³/mol. The summed E-state index contributed by atoms with van der Waals surface area (Å²) in [4.78, 5) is 14.0. The SMILES string of the molecule is Cc1ccc(-n2nnnc2SCC(=O)N(C)[C@@H]2CCS(=O)(=O)C2)c(C)c1. The first-order chi connectivity index (χ1) is 12.3. The summed E-state index contributed by atoms with van der Waals surface area (Å²) in [5.74, 6) is 0.207. The molecule has 0 aliphatic carbocycles. The number of rotatable bonds is 5. The number of thioether (sulfide) groups is 1. The number of nitrogens with zero attached hydrogens (tertiary/aromatic N) is 5. The smallest absolute Gasteiger partial charge is 0.233 e. The first-order valence-corrected chi connectivity index (χ1v) is 11.0. The highest BCUT2D eigenvalue weighted by Gasteiger charge is 2.32. The summed E-state index contributed by atoms with van der Waals surface area (Å²) in [6.07, 6.45) is 0.496. The number of aryl methyl sites for hydroxylation is 2. The van der Waals surface area contributed by atoms with Gasteiger partial charge >= 0.3 is 0 Å². The van der Waals surface area contributed by atoms with Crippen LogP contribution in [0.5, 0.6) is 0 Å². The number of carbonyl (C=O) groups excluding carboxylic acids is 1. The molecule has 8 nitrogen and oxygen atoms in total. The topological polar surface area (TPSA) is 98.1 Å². The van der Waals surface area contributed by atoms with Crippen molar-refractivity contribution in [2.24, 2.45) is 0 Å². The number of hydrogen-bond acceptors (Lipinski definition) is 7. The van der Waals surface area contributed by atoms with Gasteiger partial charge in [0.2, 0.25) is 11.1 Å². The minimum atomic E-state index is -3.02. The Morgan fingerprint density at radius 1 is 1.38 bits per heavy atom. The molecule has 0 N–H and O–H groups in total. The third-order valence-corrected chi connectivity index (χ3v) is 7.15. The highest BCUT2D eigenvalue weighted by molar-refractivity contribution is 7.99. The highest BCUT2D eigenvalue weighted by atomic mass is 32.2. The number of amides is 1. The Balaban J connectivity index is 1.67. The van der Waals surface area contributed by atoms with Gasteiger partial charge in [0.25, 0.3) is 0 Å². The molecule has 0 saturated carbocycles. The molecule has 26 heavy (non-hydrogen) atoms. The van der Waals surface area contributed by atoms with Gasteiger partial charge in [0, 0.05) is 13.1 Å². The van der Waals surface area contributed by atoms with Gasteiger partial charge in [0.05, 0.1) is 22.9 Å². The number of tetrazole rings is 1. The summed E-state index contributed by atoms with van der Waals surface area (Å²) in [6.45, 7) is 4.00. The molecule has 1 amide bonds. The Bertz CT molecular complexity index is 926. The fourth-order valence-corrected chi connectivity index (χ4v) is 5.56. The molecule has 0 bridgehead atoms. The minimum Gasteiger partial charge on any atom is -0.341 e. The molecule has 1 atom stereocenters. The van der Waals surface area contributed by atoms with Crippen molar-refractivity contribution in [2.45, 2.75) is 31.5 Å². The fraction of sp³-hybridized carbons (Fsp3) is 0.500. The standard InChI is InChI=1S/C16H21N5O3S2/c1-11-4-5-14(12(2)8-11)21-16(17-18-19-21)25-9-15(22)20(3)13-6-7-26(23,24)10-13/h4-5,8,13H,6-7,9-10H2,1-3H3/t13-/m1/s1. The Labute approximate surface area is 156 Å². The van der Waals surface area contributed by atoms with Gasteiger partial charge in [0.15, 0.2) is 9.84 Å². The Morgan fingerprint density at radius 2 is 2.15 bits per heavy atom. The Hall–Kier alpha value is -1.94. The van der Waals surface area contributed by atoms with E-state index in [4.69, 9.17) is 0 Å². The lowest BCUT2D eigenvalue weighted by molar-refractivity contribution is -0.128. The summed E-state index contributed by atoms with van der Waals surface area (Å²) in [7, 11) is -1.37. The molecule has 2 heterocycles. The van der Waals surface area contributed by atoms with Gasteiger partial charge in [-0.05, 0) is 42.3 Å². The monoisotopic (exact) mass is 395 g/mol. The van der Waals surface area contributed by atoms with E-state index in [9.17, 15) is 13.2 Å². The predicted octanol–water partition coefficient (Wildman–Crippen LogP) is 1.02. The molecular formula is C16H21N5O3S2. The van der Waals surface area contributed by atoms with Gasteiger partial charge in [-0.2, -0.15) is 4.68 Å². The summed E-state index contributed by atoms with van der Waals surface area (Å²) in [6, 6.07) is 5.73. The third-order valence-electron chi connectivity index (χ3n) is 4.50. The van der Waals surface area contributed by atoms with Crippen molar-refractivity contribution in [3.63, 3.8) is 0 Å². The van der Waals surface area contributed by atoms with Crippen molar-refractivity contribution in [3.05, 3.63) is 29.3 Å². The van der Waals surface area contributed by atoms with Crippen LogP contribution in [0, 0.1) is 13.8 Å². The molecule has 1 aromatic heterocycles. The second-order valence-corrected chi connectivity index (χ2v) is 9.68. The van der Waals surface area contributed by atoms with Crippen molar-refractivity contribution in [2.75, 3.05) is 24.3 Å². The zero-order valence-corrected chi connectivity index (χ0v) is 16.5. The molecule has 1 aliphatic heterocycles. The number of hydrogen-bond donors (Lipinski definition) is 0. The summed E-state index contributed by atoms with van der Waals surface area (Å²) < 4.78 is 24.8. The van der Waals surface area contributed by atoms with Crippen LogP contribution in [0.3, 0.4) is 0 Å². The molecule has 140 valence electrons. The number of sulfone groups is 1. The lowest BCUT2D eigenvalue weighted by Gasteiger charge is -2.23. The average molecular weight is 396 g/mol. The van der Waals surface area contributed by atoms with Crippen molar-refractivity contribution < 1.29 is 13.2 Å². The third kappa shape index (κ3) is 4.07. The Morgan fingerprint density at radius 3 is 2.81 bits per heavy atom. The van der Waals surface area contributed by atoms with E-state index in [-0.39, 0.29) is 29.2 Å². The van der Waals surface area contributed by atoms with E-state index in [0.717, 1.165) is 16.8 Å². The van der Waals surface area contributed by atoms with Crippen LogP contribution in [-0.4, -0.2) is 69.8 Å². The maximum Gasteiger partial charge on any atom is 0.233 e. The second kappa shape index (κ2) is 7.36. The number of carbonyl (C=O) groups is 1. The fourth-order valence-electron chi connectivity index (χ4n) is 2.98. The van der Waals surface area contributed by atoms with E-state index in [1.54, 1.807) is 11.7 Å². The highest BCUT2D eigenvalue weighted by Crippen LogP contribution is 2.23. The van der Waals surface area contributed by atoms with Crippen LogP contribution < -0.4 is 0 Å². The largest absolute Gasteiger partial charge is 0.341 e. The van der Waals surface area contributed by atoms with E-state index >= 15 is 0 Å². The maximum absolute atomic E-state index is 12.4. The Kier molecular flexibility index (Phi) is 5.33. The van der Waals surface area contributed by atoms with E-state index in [1.165, 1.54) is 16.7 Å². The molecule has 1 fully saturated rings. The normalized spacial score (nSPS) is 18.8. The molecule has 1 aliphatic rings. The summed E-state index contributed by atoms with van der Waals surface area (Å²) >= 11 is 1.24. The van der Waals surface area contributed by atoms with E-state index < -0.39 is 9.84 Å². The molecular weight excluding hydrogens is 374 g/mol. The van der Waals surface area contributed by atoms with Crippen molar-refractivity contribution in [1.29, 1.82) is 0 Å². The first-order valence-electron chi connectivity index (χ1n) is 8.22. The zero-order valence-electron chi connectivity index (χ0n) is 14.9. The maximum atomic E-state index is 12.4. The lowest BCUT2D eigenvalue weighted by atomic mass is 10.1. The van der Waals surface area contributed by atoms with E-state index in [0.29, 0.717) is 11.6 Å². The molecule has 10 heteroatoms. The van der Waals surface area contributed by atoms with Crippen LogP contribution >= 0.6 is 11.8 Å². The van der Waals surface area contributed by atoms with Crippen LogP contribution in [-0.2, 0) is 14.6 Å². The van der Waals surface area contributed by atoms with Crippen LogP contribution in [0.4, 0.5) is 0 Å². The van der Waals surface area contributed by atoms with Crippen molar-refractivity contribution >= 4 is 27.5 Å². The molecule has 1 saturated heterocycles. The van der Waals surface area contributed by atoms with Crippen LogP contribution in [0.2, 0.25) is 0 Å². The van der Waals surface area contributed by atoms with Crippen molar-refractivity contribution in [1.82, 2.24) is 25.1 Å². The first kappa shape index (κ1) is 18.8. The molecule has 0 radical (unpaired) electrons. The van der Waals surface area contributed by atoms with Crippen LogP contribution in [0.1, 0.15) is 17.5 Å². The van der Waals surface area contributed by atoms with Gasteiger partial charge in [-0.1, -0.05) is 29.5 Å². The van der Waals surface area contributed by atoms with Crippen molar-refractivity contribution in [3.8, 4) is 5.69 Å². The van der Waals surface area contributed by atoms with Gasteiger partial charge in [-0.15, -0.1) is 5.10 Å². The van der Waals surface area contributed by atoms with Gasteiger partial charge in [-0.25, -0.2) is 8.42 Å². The summed E-state index contributed by atoms with van der Waals surface area (Å²) in [5, 5.41) is 12.3. The quantitative estimate of drug-likeness (QED) is 0.697. The number of benzene rings is 1. The van der Waals surface area contributed by atoms with Crippen LogP contribution in [0.25, 0.3) is 5.69 Å². The zero-order chi connectivity index (χ0) is 18.9. The average Bonchev–Trinajstić information content (AvgIpc) is 3.18. The van der Waals surface area contributed by atoms with E-state index in [2.05, 4.69) is 15.5 Å². The molecule has 3 rings (SSSR count). The number of aromatic nitrogens is 4. The van der Waals surface area contributed by atoms with Gasteiger partial charge in [0.1, 0.15) is 0 Å². The lowest BCUT2D eigenvalue weighted by Crippen LogP contribution is -2.38. The molecule has 0 unspecified atom stereocenters. The molecule has 1 aromatic carbocycles. The summed E-state index contributed by atoms with van der Waals surface area (Å²) in [5.41, 5.74) is 3.06. The van der Waals surface area contributed by atoms with E-state index in [1.807, 2.05) is 32.0 Å². The second-order valence-electron chi connectivity index (χ2n) is 6.51. The van der Waals surface area contributed by atoms with Gasteiger partial charge < -0.3 is 4.90 Å². The van der Waals surface area contributed by atoms with Gasteiger partial charge in [-0.3, -0.25) is 4.79 Å². The molecule has 0 spiro atoms. The van der Waals surface area contributed by atoms with Crippen LogP contribution in [0.15, 0.2) is 23.4 Å².